The molecule has 5 heteroatoms. The fourth-order valence-electron chi connectivity index (χ4n) is 7.40. The molecule has 0 saturated heterocycles. The van der Waals surface area contributed by atoms with Crippen LogP contribution in [0.15, 0.2) is 0 Å². The van der Waals surface area contributed by atoms with Crippen molar-refractivity contribution in [2.75, 3.05) is 6.61 Å². The van der Waals surface area contributed by atoms with Gasteiger partial charge in [0, 0.05) is 6.42 Å². The van der Waals surface area contributed by atoms with Crippen LogP contribution in [0.25, 0.3) is 0 Å². The molecule has 0 heterocycles. The molecule has 0 spiro atoms. The van der Waals surface area contributed by atoms with Gasteiger partial charge >= 0.3 is 0 Å². The molecule has 0 fully saturated rings. The Morgan fingerprint density at radius 1 is 0.420 bits per heavy atom. The topological polar surface area (TPSA) is 89.8 Å². The molecule has 0 aromatic rings. The lowest BCUT2D eigenvalue weighted by Crippen LogP contribution is -2.50. The third kappa shape index (κ3) is 35.7. The van der Waals surface area contributed by atoms with E-state index in [1.807, 2.05) is 0 Å². The number of unbranched alkanes of at least 4 members (excludes halogenated alkanes) is 34. The van der Waals surface area contributed by atoms with Gasteiger partial charge in [-0.2, -0.15) is 0 Å². The summed E-state index contributed by atoms with van der Waals surface area (Å²) < 4.78 is 0. The van der Waals surface area contributed by atoms with Crippen molar-refractivity contribution in [3.63, 3.8) is 0 Å². The fraction of sp³-hybridized carbons (Fsp3) is 0.978. The summed E-state index contributed by atoms with van der Waals surface area (Å²) in [7, 11) is 0. The van der Waals surface area contributed by atoms with Gasteiger partial charge in [0.15, 0.2) is 0 Å². The predicted octanol–water partition coefficient (Wildman–Crippen LogP) is 13.0. The monoisotopic (exact) mass is 710 g/mol. The highest BCUT2D eigenvalue weighted by atomic mass is 16.3. The van der Waals surface area contributed by atoms with Gasteiger partial charge in [0.25, 0.3) is 0 Å². The molecule has 3 atom stereocenters. The summed E-state index contributed by atoms with van der Waals surface area (Å²) in [6.07, 6.45) is 46.5. The quantitative estimate of drug-likeness (QED) is 0.0475. The van der Waals surface area contributed by atoms with Crippen LogP contribution >= 0.6 is 0 Å². The van der Waals surface area contributed by atoms with E-state index in [1.54, 1.807) is 0 Å². The van der Waals surface area contributed by atoms with Gasteiger partial charge in [-0.25, -0.2) is 0 Å². The highest BCUT2D eigenvalue weighted by molar-refractivity contribution is 5.76. The number of aliphatic hydroxyl groups is 3. The lowest BCUT2D eigenvalue weighted by Gasteiger charge is -2.26. The standard InChI is InChI=1S/C45H91NO4/c1-3-5-7-9-11-13-15-17-18-19-20-21-22-23-24-25-26-28-30-32-34-36-38-40-44(49)46-42(41-47)45(50)43(48)39-37-35-33-31-29-27-16-14-12-10-8-6-4-2/h42-43,45,47-48,50H,3-41H2,1-2H3,(H,46,49)/t42-,43+,45-/m0/s1. The minimum Gasteiger partial charge on any atom is -0.394 e. The largest absolute Gasteiger partial charge is 0.394 e. The molecule has 50 heavy (non-hydrogen) atoms. The first-order valence-electron chi connectivity index (χ1n) is 22.8. The molecule has 5 nitrogen and oxygen atoms in total. The summed E-state index contributed by atoms with van der Waals surface area (Å²) in [5.74, 6) is -0.139. The van der Waals surface area contributed by atoms with E-state index in [2.05, 4.69) is 19.2 Å². The van der Waals surface area contributed by atoms with Crippen LogP contribution in [0.5, 0.6) is 0 Å². The maximum atomic E-state index is 12.4. The van der Waals surface area contributed by atoms with Crippen molar-refractivity contribution in [3.05, 3.63) is 0 Å². The second kappa shape index (κ2) is 41.1. The summed E-state index contributed by atoms with van der Waals surface area (Å²) in [5.41, 5.74) is 0. The van der Waals surface area contributed by atoms with Crippen molar-refractivity contribution >= 4 is 5.91 Å². The zero-order valence-corrected chi connectivity index (χ0v) is 34.1. The molecule has 0 rings (SSSR count). The molecular formula is C45H91NO4. The number of carbonyl (C=O) groups excluding carboxylic acids is 1. The van der Waals surface area contributed by atoms with Gasteiger partial charge in [-0.1, -0.05) is 239 Å². The normalized spacial score (nSPS) is 13.5. The molecule has 0 bridgehead atoms. The van der Waals surface area contributed by atoms with Crippen LogP contribution in [-0.4, -0.2) is 46.1 Å². The maximum Gasteiger partial charge on any atom is 0.220 e. The molecule has 0 aromatic carbocycles. The Balaban J connectivity index is 3.53. The summed E-state index contributed by atoms with van der Waals surface area (Å²) in [5, 5.41) is 33.5. The third-order valence-corrected chi connectivity index (χ3v) is 11.0. The average molecular weight is 710 g/mol. The van der Waals surface area contributed by atoms with Crippen LogP contribution in [0, 0.1) is 0 Å². The highest BCUT2D eigenvalue weighted by Gasteiger charge is 2.26. The number of aliphatic hydroxyl groups excluding tert-OH is 3. The first-order valence-corrected chi connectivity index (χ1v) is 22.8. The Hall–Kier alpha value is -0.650. The molecular weight excluding hydrogens is 618 g/mol. The zero-order chi connectivity index (χ0) is 36.6. The van der Waals surface area contributed by atoms with Gasteiger partial charge in [0.05, 0.1) is 18.8 Å². The predicted molar refractivity (Wildman–Crippen MR) is 218 cm³/mol. The van der Waals surface area contributed by atoms with Crippen molar-refractivity contribution in [3.8, 4) is 0 Å². The van der Waals surface area contributed by atoms with Crippen LogP contribution in [0.2, 0.25) is 0 Å². The van der Waals surface area contributed by atoms with Gasteiger partial charge in [0.1, 0.15) is 6.10 Å². The number of hydrogen-bond donors (Lipinski definition) is 4. The van der Waals surface area contributed by atoms with E-state index >= 15 is 0 Å². The van der Waals surface area contributed by atoms with E-state index in [9.17, 15) is 20.1 Å². The van der Waals surface area contributed by atoms with Crippen molar-refractivity contribution < 1.29 is 20.1 Å². The number of nitrogens with one attached hydrogen (secondary N) is 1. The molecule has 0 aromatic heterocycles. The minimum absolute atomic E-state index is 0.139. The van der Waals surface area contributed by atoms with Crippen LogP contribution in [0.3, 0.4) is 0 Å². The van der Waals surface area contributed by atoms with Gasteiger partial charge in [-0.15, -0.1) is 0 Å². The minimum atomic E-state index is -1.13. The Morgan fingerprint density at radius 3 is 0.960 bits per heavy atom. The van der Waals surface area contributed by atoms with Gasteiger partial charge in [-0.05, 0) is 12.8 Å². The second-order valence-electron chi connectivity index (χ2n) is 16.0. The smallest absolute Gasteiger partial charge is 0.220 e. The van der Waals surface area contributed by atoms with E-state index in [4.69, 9.17) is 0 Å². The molecule has 4 N–H and O–H groups in total. The molecule has 0 saturated carbocycles. The first-order chi connectivity index (χ1) is 24.6. The van der Waals surface area contributed by atoms with Gasteiger partial charge < -0.3 is 20.6 Å². The number of carbonyl (C=O) groups is 1. The summed E-state index contributed by atoms with van der Waals surface area (Å²) in [6.45, 7) is 4.20. The molecule has 0 unspecified atom stereocenters. The van der Waals surface area contributed by atoms with Crippen LogP contribution in [0.1, 0.15) is 258 Å². The van der Waals surface area contributed by atoms with Crippen LogP contribution in [-0.2, 0) is 4.79 Å². The molecule has 1 amide bonds. The molecule has 0 aliphatic heterocycles. The van der Waals surface area contributed by atoms with E-state index in [0.717, 1.165) is 32.1 Å². The zero-order valence-electron chi connectivity index (χ0n) is 34.1. The Morgan fingerprint density at radius 2 is 0.680 bits per heavy atom. The van der Waals surface area contributed by atoms with E-state index in [-0.39, 0.29) is 12.5 Å². The van der Waals surface area contributed by atoms with Crippen molar-refractivity contribution in [1.29, 1.82) is 0 Å². The SMILES string of the molecule is CCCCCCCCCCCCCCCCCCCCCCCCCC(=O)N[C@@H](CO)[C@H](O)[C@H](O)CCCCCCCCCCCCCCC. The number of amides is 1. The molecule has 0 aliphatic rings. The lowest BCUT2D eigenvalue weighted by molar-refractivity contribution is -0.124. The van der Waals surface area contributed by atoms with E-state index in [1.165, 1.54) is 199 Å². The fourth-order valence-corrected chi connectivity index (χ4v) is 7.40. The van der Waals surface area contributed by atoms with Crippen molar-refractivity contribution in [2.24, 2.45) is 0 Å². The Labute approximate surface area is 313 Å². The summed E-state index contributed by atoms with van der Waals surface area (Å²) in [4.78, 5) is 12.4. The molecule has 0 radical (unpaired) electrons. The third-order valence-electron chi connectivity index (χ3n) is 11.0. The number of rotatable bonds is 42. The van der Waals surface area contributed by atoms with Crippen molar-refractivity contribution in [2.45, 2.75) is 276 Å². The summed E-state index contributed by atoms with van der Waals surface area (Å²) >= 11 is 0. The summed E-state index contributed by atoms with van der Waals surface area (Å²) in [6, 6.07) is -0.802. The second-order valence-corrected chi connectivity index (χ2v) is 16.0. The van der Waals surface area contributed by atoms with Crippen LogP contribution < -0.4 is 5.32 Å². The Bertz CT molecular complexity index is 659. The van der Waals surface area contributed by atoms with E-state index < -0.39 is 18.2 Å². The molecule has 300 valence electrons. The Kier molecular flexibility index (Phi) is 40.6. The van der Waals surface area contributed by atoms with Gasteiger partial charge in [0.2, 0.25) is 5.91 Å². The first kappa shape index (κ1) is 49.4. The maximum absolute atomic E-state index is 12.4. The lowest BCUT2D eigenvalue weighted by atomic mass is 9.99. The van der Waals surface area contributed by atoms with E-state index in [0.29, 0.717) is 12.8 Å². The molecule has 0 aliphatic carbocycles. The highest BCUT2D eigenvalue weighted by Crippen LogP contribution is 2.17. The average Bonchev–Trinajstić information content (AvgIpc) is 3.12. The number of hydrogen-bond acceptors (Lipinski definition) is 4. The van der Waals surface area contributed by atoms with Crippen molar-refractivity contribution in [1.82, 2.24) is 5.32 Å². The van der Waals surface area contributed by atoms with Gasteiger partial charge in [-0.3, -0.25) is 4.79 Å². The van der Waals surface area contributed by atoms with Crippen LogP contribution in [0.4, 0.5) is 0 Å².